The zero-order valence-electron chi connectivity index (χ0n) is 10.6. The molecule has 1 rings (SSSR count). The SMILES string of the molecule is C=CCNC(=O)CC(=O)NCCc1ccc(Cl)cc1. The highest BCUT2D eigenvalue weighted by Gasteiger charge is 2.07. The van der Waals surface area contributed by atoms with Gasteiger partial charge in [-0.15, -0.1) is 6.58 Å². The third-order valence-electron chi connectivity index (χ3n) is 2.41. The van der Waals surface area contributed by atoms with Crippen molar-refractivity contribution in [2.75, 3.05) is 13.1 Å². The van der Waals surface area contributed by atoms with Gasteiger partial charge in [0.25, 0.3) is 0 Å². The molecule has 102 valence electrons. The summed E-state index contributed by atoms with van der Waals surface area (Å²) in [5.74, 6) is -0.584. The monoisotopic (exact) mass is 280 g/mol. The number of benzene rings is 1. The summed E-state index contributed by atoms with van der Waals surface area (Å²) in [6.45, 7) is 4.34. The normalized spacial score (nSPS) is 9.74. The molecule has 0 heterocycles. The Hall–Kier alpha value is -1.81. The largest absolute Gasteiger partial charge is 0.355 e. The molecule has 0 aliphatic carbocycles. The smallest absolute Gasteiger partial charge is 0.229 e. The van der Waals surface area contributed by atoms with Crippen molar-refractivity contribution in [3.05, 3.63) is 47.5 Å². The molecule has 0 aromatic heterocycles. The van der Waals surface area contributed by atoms with Gasteiger partial charge in [-0.05, 0) is 24.1 Å². The summed E-state index contributed by atoms with van der Waals surface area (Å²) in [5.41, 5.74) is 1.08. The summed E-state index contributed by atoms with van der Waals surface area (Å²) in [6.07, 6.45) is 2.11. The van der Waals surface area contributed by atoms with E-state index in [0.29, 0.717) is 24.5 Å². The van der Waals surface area contributed by atoms with Gasteiger partial charge < -0.3 is 10.6 Å². The van der Waals surface area contributed by atoms with Gasteiger partial charge in [0.05, 0.1) is 0 Å². The molecule has 0 saturated carbocycles. The third-order valence-corrected chi connectivity index (χ3v) is 2.67. The summed E-state index contributed by atoms with van der Waals surface area (Å²) in [6, 6.07) is 7.43. The highest BCUT2D eigenvalue weighted by molar-refractivity contribution is 6.30. The Morgan fingerprint density at radius 3 is 2.42 bits per heavy atom. The van der Waals surface area contributed by atoms with Crippen LogP contribution < -0.4 is 10.6 Å². The van der Waals surface area contributed by atoms with E-state index in [-0.39, 0.29) is 18.2 Å². The minimum Gasteiger partial charge on any atom is -0.355 e. The number of carbonyl (C=O) groups is 2. The van der Waals surface area contributed by atoms with Crippen LogP contribution >= 0.6 is 11.6 Å². The minimum atomic E-state index is -0.302. The van der Waals surface area contributed by atoms with Crippen molar-refractivity contribution in [3.8, 4) is 0 Å². The van der Waals surface area contributed by atoms with Gasteiger partial charge in [-0.2, -0.15) is 0 Å². The highest BCUT2D eigenvalue weighted by atomic mass is 35.5. The van der Waals surface area contributed by atoms with Crippen molar-refractivity contribution in [2.24, 2.45) is 0 Å². The molecular formula is C14H17ClN2O2. The lowest BCUT2D eigenvalue weighted by atomic mass is 10.1. The molecule has 19 heavy (non-hydrogen) atoms. The van der Waals surface area contributed by atoms with Crippen LogP contribution in [0.5, 0.6) is 0 Å². The molecule has 2 N–H and O–H groups in total. The molecule has 0 aliphatic rings. The van der Waals surface area contributed by atoms with E-state index in [4.69, 9.17) is 11.6 Å². The molecular weight excluding hydrogens is 264 g/mol. The molecule has 0 spiro atoms. The molecule has 0 atom stereocenters. The van der Waals surface area contributed by atoms with Crippen LogP contribution in [0.2, 0.25) is 5.02 Å². The molecule has 1 aromatic rings. The number of rotatable bonds is 7. The van der Waals surface area contributed by atoms with Gasteiger partial charge in [0.2, 0.25) is 11.8 Å². The summed E-state index contributed by atoms with van der Waals surface area (Å²) in [5, 5.41) is 5.93. The van der Waals surface area contributed by atoms with Crippen LogP contribution in [0.3, 0.4) is 0 Å². The lowest BCUT2D eigenvalue weighted by molar-refractivity contribution is -0.129. The molecule has 1 aromatic carbocycles. The Bertz CT molecular complexity index is 443. The topological polar surface area (TPSA) is 58.2 Å². The van der Waals surface area contributed by atoms with Crippen LogP contribution in [0.1, 0.15) is 12.0 Å². The predicted octanol–water partition coefficient (Wildman–Crippen LogP) is 1.69. The molecule has 0 fully saturated rings. The van der Waals surface area contributed by atoms with E-state index < -0.39 is 0 Å². The van der Waals surface area contributed by atoms with E-state index in [0.717, 1.165) is 5.56 Å². The lowest BCUT2D eigenvalue weighted by Gasteiger charge is -2.05. The second kappa shape index (κ2) is 8.32. The number of hydrogen-bond acceptors (Lipinski definition) is 2. The van der Waals surface area contributed by atoms with Crippen LogP contribution in [0.15, 0.2) is 36.9 Å². The van der Waals surface area contributed by atoms with Gasteiger partial charge in [0.15, 0.2) is 0 Å². The summed E-state index contributed by atoms with van der Waals surface area (Å²) >= 11 is 5.77. The Balaban J connectivity index is 2.21. The number of amides is 2. The fourth-order valence-electron chi connectivity index (χ4n) is 1.45. The lowest BCUT2D eigenvalue weighted by Crippen LogP contribution is -2.32. The van der Waals surface area contributed by atoms with Crippen LogP contribution in [-0.2, 0) is 16.0 Å². The first-order valence-corrected chi connectivity index (χ1v) is 6.38. The van der Waals surface area contributed by atoms with Crippen molar-refractivity contribution >= 4 is 23.4 Å². The van der Waals surface area contributed by atoms with Gasteiger partial charge in [-0.25, -0.2) is 0 Å². The molecule has 2 amide bonds. The fourth-order valence-corrected chi connectivity index (χ4v) is 1.58. The minimum absolute atomic E-state index is 0.158. The maximum Gasteiger partial charge on any atom is 0.229 e. The van der Waals surface area contributed by atoms with E-state index in [1.54, 1.807) is 18.2 Å². The zero-order chi connectivity index (χ0) is 14.1. The van der Waals surface area contributed by atoms with Crippen LogP contribution in [0.4, 0.5) is 0 Å². The van der Waals surface area contributed by atoms with Crippen LogP contribution in [0, 0.1) is 0 Å². The van der Waals surface area contributed by atoms with Crippen LogP contribution in [0.25, 0.3) is 0 Å². The molecule has 0 bridgehead atoms. The Kier molecular flexibility index (Phi) is 6.68. The molecule has 0 unspecified atom stereocenters. The highest BCUT2D eigenvalue weighted by Crippen LogP contribution is 2.09. The fraction of sp³-hybridized carbons (Fsp3) is 0.286. The van der Waals surface area contributed by atoms with Gasteiger partial charge in [-0.3, -0.25) is 9.59 Å². The van der Waals surface area contributed by atoms with Crippen LogP contribution in [-0.4, -0.2) is 24.9 Å². The van der Waals surface area contributed by atoms with Gasteiger partial charge in [0.1, 0.15) is 6.42 Å². The van der Waals surface area contributed by atoms with Crippen molar-refractivity contribution in [3.63, 3.8) is 0 Å². The van der Waals surface area contributed by atoms with Crippen molar-refractivity contribution in [1.82, 2.24) is 10.6 Å². The quantitative estimate of drug-likeness (QED) is 0.590. The van der Waals surface area contributed by atoms with Gasteiger partial charge in [-0.1, -0.05) is 29.8 Å². The molecule has 0 aliphatic heterocycles. The standard InChI is InChI=1S/C14H17ClN2O2/c1-2-8-16-13(18)10-14(19)17-9-7-11-3-5-12(15)6-4-11/h2-6H,1,7-10H2,(H,16,18)(H,17,19). The third kappa shape index (κ3) is 6.62. The molecule has 0 radical (unpaired) electrons. The zero-order valence-corrected chi connectivity index (χ0v) is 11.4. The van der Waals surface area contributed by atoms with E-state index in [9.17, 15) is 9.59 Å². The Morgan fingerprint density at radius 2 is 1.79 bits per heavy atom. The summed E-state index contributed by atoms with van der Waals surface area (Å²) in [4.78, 5) is 22.7. The number of halogens is 1. The summed E-state index contributed by atoms with van der Waals surface area (Å²) < 4.78 is 0. The van der Waals surface area contributed by atoms with Crippen molar-refractivity contribution < 1.29 is 9.59 Å². The number of hydrogen-bond donors (Lipinski definition) is 2. The maximum absolute atomic E-state index is 11.4. The molecule has 4 nitrogen and oxygen atoms in total. The van der Waals surface area contributed by atoms with E-state index >= 15 is 0 Å². The average Bonchev–Trinajstić information content (AvgIpc) is 2.38. The average molecular weight is 281 g/mol. The predicted molar refractivity (Wildman–Crippen MR) is 76.0 cm³/mol. The summed E-state index contributed by atoms with van der Waals surface area (Å²) in [7, 11) is 0. The van der Waals surface area contributed by atoms with Gasteiger partial charge in [0, 0.05) is 18.1 Å². The van der Waals surface area contributed by atoms with Crippen molar-refractivity contribution in [2.45, 2.75) is 12.8 Å². The van der Waals surface area contributed by atoms with Crippen molar-refractivity contribution in [1.29, 1.82) is 0 Å². The Labute approximate surface area is 117 Å². The molecule has 5 heteroatoms. The first kappa shape index (κ1) is 15.2. The maximum atomic E-state index is 11.4. The number of carbonyl (C=O) groups excluding carboxylic acids is 2. The van der Waals surface area contributed by atoms with E-state index in [1.165, 1.54) is 0 Å². The Morgan fingerprint density at radius 1 is 1.16 bits per heavy atom. The second-order valence-electron chi connectivity index (χ2n) is 4.00. The first-order chi connectivity index (χ1) is 9.11. The van der Waals surface area contributed by atoms with Gasteiger partial charge >= 0.3 is 0 Å². The van der Waals surface area contributed by atoms with E-state index in [1.807, 2.05) is 12.1 Å². The second-order valence-corrected chi connectivity index (χ2v) is 4.43. The first-order valence-electron chi connectivity index (χ1n) is 6.00. The number of nitrogens with one attached hydrogen (secondary N) is 2. The molecule has 0 saturated heterocycles. The van der Waals surface area contributed by atoms with E-state index in [2.05, 4.69) is 17.2 Å².